The molecule has 2 rings (SSSR count). The number of rotatable bonds is 1. The Morgan fingerprint density at radius 1 is 1.58 bits per heavy atom. The Hall–Kier alpha value is -0.120. The topological polar surface area (TPSA) is 32.7 Å². The van der Waals surface area contributed by atoms with Crippen LogP contribution in [-0.4, -0.2) is 48.0 Å². The van der Waals surface area contributed by atoms with Gasteiger partial charge in [0.15, 0.2) is 0 Å². The van der Waals surface area contributed by atoms with E-state index in [9.17, 15) is 5.11 Å². The number of hydrogen-bond acceptors (Lipinski definition) is 3. The minimum atomic E-state index is -0.265. The molecule has 2 aliphatic rings. The van der Waals surface area contributed by atoms with Crippen LogP contribution in [0.4, 0.5) is 0 Å². The van der Waals surface area contributed by atoms with E-state index in [1.165, 1.54) is 0 Å². The van der Waals surface area contributed by atoms with Crippen molar-refractivity contribution in [2.75, 3.05) is 20.2 Å². The summed E-state index contributed by atoms with van der Waals surface area (Å²) in [5.74, 6) is 0.461. The SMILES string of the molecule is CC1OC2(CO)CN(C)[C@@H]1[C@H]2C. The number of likely N-dealkylation sites (tertiary alicyclic amines) is 1. The third kappa shape index (κ3) is 0.817. The summed E-state index contributed by atoms with van der Waals surface area (Å²) in [5, 5.41) is 9.30. The molecule has 2 saturated heterocycles. The highest BCUT2D eigenvalue weighted by atomic mass is 16.5. The van der Waals surface area contributed by atoms with E-state index >= 15 is 0 Å². The molecule has 1 N–H and O–H groups in total. The minimum Gasteiger partial charge on any atom is -0.393 e. The second-order valence-electron chi connectivity index (χ2n) is 4.24. The average molecular weight is 171 g/mol. The van der Waals surface area contributed by atoms with Crippen LogP contribution in [0.1, 0.15) is 13.8 Å². The molecular weight excluding hydrogens is 154 g/mol. The van der Waals surface area contributed by atoms with Crippen molar-refractivity contribution in [3.8, 4) is 0 Å². The van der Waals surface area contributed by atoms with Gasteiger partial charge < -0.3 is 9.84 Å². The van der Waals surface area contributed by atoms with Gasteiger partial charge in [0.05, 0.1) is 12.7 Å². The highest BCUT2D eigenvalue weighted by Crippen LogP contribution is 2.44. The van der Waals surface area contributed by atoms with Crippen molar-refractivity contribution in [1.82, 2.24) is 4.90 Å². The molecule has 2 aliphatic heterocycles. The van der Waals surface area contributed by atoms with Crippen LogP contribution in [0.15, 0.2) is 0 Å². The van der Waals surface area contributed by atoms with E-state index in [1.807, 2.05) is 0 Å². The fourth-order valence-electron chi connectivity index (χ4n) is 2.95. The molecule has 2 fully saturated rings. The van der Waals surface area contributed by atoms with E-state index in [4.69, 9.17) is 4.74 Å². The molecule has 0 radical (unpaired) electrons. The minimum absolute atomic E-state index is 0.152. The molecule has 2 unspecified atom stereocenters. The van der Waals surface area contributed by atoms with Crippen LogP contribution in [-0.2, 0) is 4.74 Å². The lowest BCUT2D eigenvalue weighted by molar-refractivity contribution is -0.111. The zero-order chi connectivity index (χ0) is 8.93. The number of fused-ring (bicyclic) bond motifs is 2. The van der Waals surface area contributed by atoms with Gasteiger partial charge in [-0.05, 0) is 14.0 Å². The third-order valence-corrected chi connectivity index (χ3v) is 3.54. The van der Waals surface area contributed by atoms with Gasteiger partial charge in [-0.15, -0.1) is 0 Å². The monoisotopic (exact) mass is 171 g/mol. The number of nitrogens with zero attached hydrogens (tertiary/aromatic N) is 1. The Kier molecular flexibility index (Phi) is 1.72. The van der Waals surface area contributed by atoms with E-state index in [-0.39, 0.29) is 18.3 Å². The molecule has 0 aromatic carbocycles. The molecule has 2 heterocycles. The van der Waals surface area contributed by atoms with E-state index < -0.39 is 0 Å². The summed E-state index contributed by atoms with van der Waals surface area (Å²) in [6, 6.07) is 0.497. The zero-order valence-electron chi connectivity index (χ0n) is 7.95. The van der Waals surface area contributed by atoms with Gasteiger partial charge in [-0.25, -0.2) is 0 Å². The molecule has 0 aromatic rings. The molecule has 0 aliphatic carbocycles. The molecule has 3 nitrogen and oxygen atoms in total. The lowest BCUT2D eigenvalue weighted by atomic mass is 9.91. The van der Waals surface area contributed by atoms with Gasteiger partial charge in [-0.2, -0.15) is 0 Å². The van der Waals surface area contributed by atoms with E-state index in [2.05, 4.69) is 25.8 Å². The summed E-state index contributed by atoms with van der Waals surface area (Å²) in [4.78, 5) is 2.30. The molecule has 2 bridgehead atoms. The molecule has 3 heteroatoms. The first kappa shape index (κ1) is 8.48. The molecule has 12 heavy (non-hydrogen) atoms. The van der Waals surface area contributed by atoms with Crippen LogP contribution in [0.5, 0.6) is 0 Å². The molecular formula is C9H17NO2. The predicted octanol–water partition coefficient (Wildman–Crippen LogP) is 0.0863. The van der Waals surface area contributed by atoms with Crippen LogP contribution in [0.3, 0.4) is 0 Å². The van der Waals surface area contributed by atoms with E-state index in [0.29, 0.717) is 12.0 Å². The third-order valence-electron chi connectivity index (χ3n) is 3.54. The average Bonchev–Trinajstić information content (AvgIpc) is 2.37. The summed E-state index contributed by atoms with van der Waals surface area (Å²) in [7, 11) is 2.11. The van der Waals surface area contributed by atoms with Crippen LogP contribution in [0.25, 0.3) is 0 Å². The lowest BCUT2D eigenvalue weighted by Gasteiger charge is -2.33. The number of hydrogen-bond donors (Lipinski definition) is 1. The Balaban J connectivity index is 2.28. The maximum Gasteiger partial charge on any atom is 0.108 e. The Morgan fingerprint density at radius 3 is 2.58 bits per heavy atom. The normalized spacial score (nSPS) is 53.5. The van der Waals surface area contributed by atoms with Crippen LogP contribution >= 0.6 is 0 Å². The van der Waals surface area contributed by atoms with E-state index in [1.54, 1.807) is 0 Å². The van der Waals surface area contributed by atoms with Gasteiger partial charge >= 0.3 is 0 Å². The number of aliphatic hydroxyl groups is 1. The summed E-state index contributed by atoms with van der Waals surface area (Å²) in [6.07, 6.45) is 0.269. The quantitative estimate of drug-likeness (QED) is 0.607. The first-order valence-electron chi connectivity index (χ1n) is 4.59. The summed E-state index contributed by atoms with van der Waals surface area (Å²) < 4.78 is 5.79. The standard InChI is InChI=1S/C9H17NO2/c1-6-8-7(2)12-9(6,5-11)4-10(8)3/h6-8,11H,4-5H2,1-3H3/t6-,7?,8-,9?/m1/s1. The first-order valence-corrected chi connectivity index (χ1v) is 4.59. The Bertz CT molecular complexity index is 183. The number of morpholine rings is 1. The first-order chi connectivity index (χ1) is 5.60. The molecule has 0 spiro atoms. The predicted molar refractivity (Wildman–Crippen MR) is 45.9 cm³/mol. The van der Waals surface area contributed by atoms with Gasteiger partial charge in [-0.1, -0.05) is 6.92 Å². The van der Waals surface area contributed by atoms with Gasteiger partial charge in [-0.3, -0.25) is 4.90 Å². The van der Waals surface area contributed by atoms with Crippen LogP contribution in [0.2, 0.25) is 0 Å². The zero-order valence-corrected chi connectivity index (χ0v) is 7.95. The number of aliphatic hydroxyl groups excluding tert-OH is 1. The highest BCUT2D eigenvalue weighted by molar-refractivity contribution is 5.09. The van der Waals surface area contributed by atoms with Crippen molar-refractivity contribution < 1.29 is 9.84 Å². The Morgan fingerprint density at radius 2 is 2.25 bits per heavy atom. The van der Waals surface area contributed by atoms with Crippen molar-refractivity contribution in [3.05, 3.63) is 0 Å². The largest absolute Gasteiger partial charge is 0.393 e. The fourth-order valence-corrected chi connectivity index (χ4v) is 2.95. The summed E-state index contributed by atoms with van der Waals surface area (Å²) >= 11 is 0. The van der Waals surface area contributed by atoms with Crippen LogP contribution < -0.4 is 0 Å². The molecule has 0 aromatic heterocycles. The fraction of sp³-hybridized carbons (Fsp3) is 1.00. The molecule has 0 amide bonds. The van der Waals surface area contributed by atoms with Crippen molar-refractivity contribution in [2.24, 2.45) is 5.92 Å². The van der Waals surface area contributed by atoms with Crippen LogP contribution in [0, 0.1) is 5.92 Å². The van der Waals surface area contributed by atoms with Gasteiger partial charge in [0, 0.05) is 18.5 Å². The second-order valence-corrected chi connectivity index (χ2v) is 4.24. The van der Waals surface area contributed by atoms with Gasteiger partial charge in [0.1, 0.15) is 5.60 Å². The van der Waals surface area contributed by atoms with E-state index in [0.717, 1.165) is 6.54 Å². The van der Waals surface area contributed by atoms with Crippen molar-refractivity contribution in [1.29, 1.82) is 0 Å². The Labute approximate surface area is 73.3 Å². The number of likely N-dealkylation sites (N-methyl/N-ethyl adjacent to an activating group) is 1. The smallest absolute Gasteiger partial charge is 0.108 e. The molecule has 4 atom stereocenters. The summed E-state index contributed by atoms with van der Waals surface area (Å²) in [6.45, 7) is 5.29. The van der Waals surface area contributed by atoms with Crippen molar-refractivity contribution >= 4 is 0 Å². The van der Waals surface area contributed by atoms with Gasteiger partial charge in [0.2, 0.25) is 0 Å². The maximum atomic E-state index is 9.30. The second kappa shape index (κ2) is 2.44. The van der Waals surface area contributed by atoms with Crippen molar-refractivity contribution in [2.45, 2.75) is 31.6 Å². The summed E-state index contributed by atoms with van der Waals surface area (Å²) in [5.41, 5.74) is -0.265. The van der Waals surface area contributed by atoms with Crippen molar-refractivity contribution in [3.63, 3.8) is 0 Å². The molecule has 0 saturated carbocycles. The molecule has 70 valence electrons. The van der Waals surface area contributed by atoms with Gasteiger partial charge in [0.25, 0.3) is 0 Å². The lowest BCUT2D eigenvalue weighted by Crippen LogP contribution is -2.46. The highest BCUT2D eigenvalue weighted by Gasteiger charge is 2.58. The number of ether oxygens (including phenoxy) is 1. The maximum absolute atomic E-state index is 9.30.